The number of allylic oxidation sites excluding steroid dienone is 3. The highest BCUT2D eigenvalue weighted by atomic mass is 16.3. The molecule has 2 N–H and O–H groups in total. The highest BCUT2D eigenvalue weighted by Crippen LogP contribution is 2.45. The van der Waals surface area contributed by atoms with Gasteiger partial charge in [0.15, 0.2) is 0 Å². The van der Waals surface area contributed by atoms with E-state index < -0.39 is 22.6 Å². The van der Waals surface area contributed by atoms with Gasteiger partial charge in [0, 0.05) is 29.8 Å². The van der Waals surface area contributed by atoms with E-state index in [9.17, 15) is 19.5 Å². The Hall–Kier alpha value is -3.68. The van der Waals surface area contributed by atoms with Crippen molar-refractivity contribution < 1.29 is 19.5 Å². The molecule has 1 aliphatic heterocycles. The number of aliphatic hydroxyl groups excluding tert-OH is 1. The van der Waals surface area contributed by atoms with Gasteiger partial charge < -0.3 is 15.3 Å². The molecule has 2 amide bonds. The van der Waals surface area contributed by atoms with Crippen molar-refractivity contribution in [1.82, 2.24) is 5.01 Å². The summed E-state index contributed by atoms with van der Waals surface area (Å²) in [5.41, 5.74) is 1.29. The van der Waals surface area contributed by atoms with Gasteiger partial charge in [-0.05, 0) is 77.7 Å². The Bertz CT molecular complexity index is 1370. The first-order chi connectivity index (χ1) is 19.2. The van der Waals surface area contributed by atoms with E-state index in [1.165, 1.54) is 17.9 Å². The number of aliphatic hydroxyl groups is 1. The number of amides is 2. The Balaban J connectivity index is 1.79. The third kappa shape index (κ3) is 5.88. The number of nitrogens with one attached hydrogen (secondary N) is 1. The second-order valence-corrected chi connectivity index (χ2v) is 13.1. The van der Waals surface area contributed by atoms with E-state index in [4.69, 9.17) is 0 Å². The molecule has 0 aromatic heterocycles. The molecule has 1 fully saturated rings. The van der Waals surface area contributed by atoms with Crippen LogP contribution in [0.5, 0.6) is 0 Å². The summed E-state index contributed by atoms with van der Waals surface area (Å²) in [6.45, 7) is 17.1. The molecular weight excluding hydrogens is 516 g/mol. The Morgan fingerprint density at radius 2 is 1.68 bits per heavy atom. The lowest BCUT2D eigenvalue weighted by molar-refractivity contribution is -0.130. The zero-order valence-corrected chi connectivity index (χ0v) is 25.7. The number of carbonyl (C=O) groups is 3. The first-order valence-corrected chi connectivity index (χ1v) is 14.7. The van der Waals surface area contributed by atoms with Crippen LogP contribution in [0.4, 0.5) is 11.4 Å². The zero-order valence-electron chi connectivity index (χ0n) is 25.7. The number of Topliss-reactive ketones (excluding diaryl/α,β-unsaturated/α-hetero) is 1. The third-order valence-electron chi connectivity index (χ3n) is 7.95. The summed E-state index contributed by atoms with van der Waals surface area (Å²) in [4.78, 5) is 42.4. The van der Waals surface area contributed by atoms with Gasteiger partial charge in [0.25, 0.3) is 5.91 Å². The van der Waals surface area contributed by atoms with Crippen molar-refractivity contribution in [3.63, 3.8) is 0 Å². The Labute approximate surface area is 243 Å². The van der Waals surface area contributed by atoms with Crippen LogP contribution in [0.25, 0.3) is 5.57 Å². The average molecular weight is 561 g/mol. The van der Waals surface area contributed by atoms with Crippen LogP contribution >= 0.6 is 0 Å². The van der Waals surface area contributed by atoms with Crippen LogP contribution in [0.3, 0.4) is 0 Å². The second-order valence-electron chi connectivity index (χ2n) is 13.1. The van der Waals surface area contributed by atoms with E-state index in [-0.39, 0.29) is 28.4 Å². The average Bonchev–Trinajstić information content (AvgIpc) is 3.53. The van der Waals surface area contributed by atoms with Gasteiger partial charge in [0.05, 0.1) is 33.7 Å². The molecule has 1 heterocycles. The predicted octanol–water partition coefficient (Wildman–Crippen LogP) is 6.41. The van der Waals surface area contributed by atoms with Crippen molar-refractivity contribution in [2.24, 2.45) is 16.4 Å². The van der Waals surface area contributed by atoms with Crippen LogP contribution in [0.15, 0.2) is 52.4 Å². The highest BCUT2D eigenvalue weighted by Gasteiger charge is 2.48. The molecule has 3 aliphatic rings. The molecule has 0 unspecified atom stereocenters. The summed E-state index contributed by atoms with van der Waals surface area (Å²) in [7, 11) is 0. The van der Waals surface area contributed by atoms with Crippen molar-refractivity contribution in [2.45, 2.75) is 86.6 Å². The molecule has 1 saturated carbocycles. The molecule has 0 spiro atoms. The molecule has 2 aliphatic carbocycles. The maximum atomic E-state index is 13.8. The van der Waals surface area contributed by atoms with Gasteiger partial charge in [-0.2, -0.15) is 5.10 Å². The molecule has 0 atom stereocenters. The first kappa shape index (κ1) is 30.3. The van der Waals surface area contributed by atoms with E-state index >= 15 is 0 Å². The predicted molar refractivity (Wildman–Crippen MR) is 165 cm³/mol. The van der Waals surface area contributed by atoms with Crippen LogP contribution in [0.1, 0.15) is 86.6 Å². The Kier molecular flexibility index (Phi) is 8.35. The van der Waals surface area contributed by atoms with Crippen LogP contribution in [0.2, 0.25) is 0 Å². The maximum absolute atomic E-state index is 13.8. The highest BCUT2D eigenvalue weighted by molar-refractivity contribution is 6.45. The summed E-state index contributed by atoms with van der Waals surface area (Å²) in [6, 6.07) is 5.48. The van der Waals surface area contributed by atoms with Crippen LogP contribution in [0, 0.1) is 11.3 Å². The lowest BCUT2D eigenvalue weighted by Crippen LogP contribution is -2.40. The van der Waals surface area contributed by atoms with E-state index in [1.807, 2.05) is 59.8 Å². The Morgan fingerprint density at radius 1 is 1.05 bits per heavy atom. The van der Waals surface area contributed by atoms with Gasteiger partial charge in [-0.1, -0.05) is 39.7 Å². The topological polar surface area (TPSA) is 102 Å². The summed E-state index contributed by atoms with van der Waals surface area (Å²) < 4.78 is 0. The molecule has 0 saturated heterocycles. The SMILES string of the molecule is CCN(CC)c1ccc(C2=C(O)/C(=C3/C(=O)N(C(C)(C)C)N=C3C(C)(C)C)C2=O)c(NC(=O)/C=C/C2CCCC2)c1. The van der Waals surface area contributed by atoms with E-state index in [2.05, 4.69) is 29.2 Å². The maximum Gasteiger partial charge on any atom is 0.277 e. The fraction of sp³-hybridized carbons (Fsp3) is 0.515. The molecule has 0 radical (unpaired) electrons. The summed E-state index contributed by atoms with van der Waals surface area (Å²) in [5.74, 6) is -0.968. The van der Waals surface area contributed by atoms with E-state index in [0.29, 0.717) is 22.9 Å². The fourth-order valence-electron chi connectivity index (χ4n) is 5.68. The molecule has 4 rings (SSSR count). The van der Waals surface area contributed by atoms with Gasteiger partial charge in [-0.15, -0.1) is 0 Å². The number of hydrazone groups is 1. The van der Waals surface area contributed by atoms with Gasteiger partial charge in [0.1, 0.15) is 5.76 Å². The minimum atomic E-state index is -0.603. The number of carbonyl (C=O) groups excluding carboxylic acids is 3. The number of anilines is 2. The largest absolute Gasteiger partial charge is 0.506 e. The number of ketones is 1. The van der Waals surface area contributed by atoms with Crippen molar-refractivity contribution in [3.8, 4) is 0 Å². The van der Waals surface area contributed by atoms with Crippen molar-refractivity contribution in [3.05, 3.63) is 52.8 Å². The molecule has 1 aromatic carbocycles. The lowest BCUT2D eigenvalue weighted by Gasteiger charge is -2.29. The minimum Gasteiger partial charge on any atom is -0.506 e. The lowest BCUT2D eigenvalue weighted by atomic mass is 9.75. The van der Waals surface area contributed by atoms with Gasteiger partial charge in [-0.3, -0.25) is 14.4 Å². The molecule has 41 heavy (non-hydrogen) atoms. The Morgan fingerprint density at radius 3 is 2.22 bits per heavy atom. The van der Waals surface area contributed by atoms with E-state index in [0.717, 1.165) is 31.6 Å². The van der Waals surface area contributed by atoms with Gasteiger partial charge in [0.2, 0.25) is 11.7 Å². The quantitative estimate of drug-likeness (QED) is 0.375. The first-order valence-electron chi connectivity index (χ1n) is 14.7. The van der Waals surface area contributed by atoms with E-state index in [1.54, 1.807) is 12.1 Å². The van der Waals surface area contributed by atoms with Crippen molar-refractivity contribution >= 4 is 40.3 Å². The summed E-state index contributed by atoms with van der Waals surface area (Å²) >= 11 is 0. The summed E-state index contributed by atoms with van der Waals surface area (Å²) in [5, 5.41) is 20.3. The number of hydrogen-bond donors (Lipinski definition) is 2. The van der Waals surface area contributed by atoms with Crippen molar-refractivity contribution in [2.75, 3.05) is 23.3 Å². The van der Waals surface area contributed by atoms with Crippen LogP contribution in [-0.2, 0) is 14.4 Å². The number of hydrogen-bond acceptors (Lipinski definition) is 6. The monoisotopic (exact) mass is 560 g/mol. The van der Waals surface area contributed by atoms with Gasteiger partial charge >= 0.3 is 0 Å². The standard InChI is InChI=1S/C33H44N4O4/c1-9-36(10-2)21-16-17-22(23(19-21)34-24(38)18-15-20-13-11-12-14-20)25-28(39)26(29(25)40)27-30(32(3,4)5)35-37(31(27)41)33(6,7)8/h15-20,39H,9-14H2,1-8H3,(H,34,38)/b18-15+,27-26-. The number of rotatable bonds is 7. The fourth-order valence-corrected chi connectivity index (χ4v) is 5.68. The van der Waals surface area contributed by atoms with Crippen LogP contribution in [-0.4, -0.2) is 52.1 Å². The zero-order chi connectivity index (χ0) is 30.3. The molecule has 1 aromatic rings. The number of benzene rings is 1. The van der Waals surface area contributed by atoms with Crippen LogP contribution < -0.4 is 10.2 Å². The number of nitrogens with zero attached hydrogens (tertiary/aromatic N) is 3. The third-order valence-corrected chi connectivity index (χ3v) is 7.95. The smallest absolute Gasteiger partial charge is 0.277 e. The minimum absolute atomic E-state index is 0.0170. The molecule has 8 heteroatoms. The molecule has 0 bridgehead atoms. The van der Waals surface area contributed by atoms with Gasteiger partial charge in [-0.25, -0.2) is 5.01 Å². The second kappa shape index (κ2) is 11.3. The summed E-state index contributed by atoms with van der Waals surface area (Å²) in [6.07, 6.45) is 8.06. The molecule has 8 nitrogen and oxygen atoms in total. The molecular formula is C33H44N4O4. The molecule has 220 valence electrons. The van der Waals surface area contributed by atoms with Crippen molar-refractivity contribution in [1.29, 1.82) is 0 Å². The normalized spacial score (nSPS) is 20.3.